The molecule has 3 heteroatoms. The minimum Gasteiger partial charge on any atom is -0.481 e. The van der Waals surface area contributed by atoms with Gasteiger partial charge in [-0.05, 0) is 6.42 Å². The van der Waals surface area contributed by atoms with Gasteiger partial charge in [0.25, 0.3) is 0 Å². The summed E-state index contributed by atoms with van der Waals surface area (Å²) in [5.74, 6) is -0.670. The maximum atomic E-state index is 10.0. The van der Waals surface area contributed by atoms with Crippen LogP contribution in [0.1, 0.15) is 45.4 Å². The zero-order valence-electron chi connectivity index (χ0n) is 7.01. The molecule has 2 radical (unpaired) electrons. The molecule has 0 aromatic rings. The Morgan fingerprint density at radius 2 is 1.73 bits per heavy atom. The first-order chi connectivity index (χ1) is 4.77. The van der Waals surface area contributed by atoms with Crippen molar-refractivity contribution in [2.45, 2.75) is 45.4 Å². The van der Waals surface area contributed by atoms with Crippen LogP contribution in [0.15, 0.2) is 0 Å². The average Bonchev–Trinajstić information content (AvgIpc) is 1.87. The number of carboxylic acids is 1. The third-order valence-electron chi connectivity index (χ3n) is 1.49. The Labute approximate surface area is 78.8 Å². The first kappa shape index (κ1) is 13.6. The van der Waals surface area contributed by atoms with E-state index in [1.54, 1.807) is 0 Å². The molecule has 0 bridgehead atoms. The molecular formula is C8H16O2Se. The van der Waals surface area contributed by atoms with Gasteiger partial charge in [0.2, 0.25) is 0 Å². The fourth-order valence-electron chi connectivity index (χ4n) is 0.880. The van der Waals surface area contributed by atoms with Crippen molar-refractivity contribution < 1.29 is 9.90 Å². The SMILES string of the molecule is CCCCCCCC(=O)O.[Se]. The summed E-state index contributed by atoms with van der Waals surface area (Å²) >= 11 is 0. The second-order valence-corrected chi connectivity index (χ2v) is 2.56. The Morgan fingerprint density at radius 1 is 1.18 bits per heavy atom. The largest absolute Gasteiger partial charge is 0.481 e. The van der Waals surface area contributed by atoms with Crippen molar-refractivity contribution in [3.8, 4) is 0 Å². The molecule has 66 valence electrons. The molecule has 11 heavy (non-hydrogen) atoms. The van der Waals surface area contributed by atoms with Crippen LogP contribution in [0.3, 0.4) is 0 Å². The zero-order valence-corrected chi connectivity index (χ0v) is 8.72. The van der Waals surface area contributed by atoms with Crippen molar-refractivity contribution in [3.63, 3.8) is 0 Å². The second-order valence-electron chi connectivity index (χ2n) is 2.56. The van der Waals surface area contributed by atoms with Gasteiger partial charge in [0.15, 0.2) is 0 Å². The summed E-state index contributed by atoms with van der Waals surface area (Å²) in [6.07, 6.45) is 5.88. The molecule has 0 unspecified atom stereocenters. The Kier molecular flexibility index (Phi) is 12.3. The van der Waals surface area contributed by atoms with Crippen LogP contribution in [-0.4, -0.2) is 28.1 Å². The Bertz CT molecular complexity index is 94.1. The molecule has 0 saturated heterocycles. The van der Waals surface area contributed by atoms with Crippen LogP contribution in [0.4, 0.5) is 0 Å². The van der Waals surface area contributed by atoms with E-state index in [1.807, 2.05) is 0 Å². The molecule has 0 aromatic heterocycles. The maximum absolute atomic E-state index is 10.0. The van der Waals surface area contributed by atoms with E-state index in [9.17, 15) is 4.79 Å². The molecule has 0 aliphatic rings. The summed E-state index contributed by atoms with van der Waals surface area (Å²) in [5.41, 5.74) is 0. The monoisotopic (exact) mass is 224 g/mol. The van der Waals surface area contributed by atoms with Crippen LogP contribution in [0.2, 0.25) is 0 Å². The van der Waals surface area contributed by atoms with Crippen LogP contribution in [0.5, 0.6) is 0 Å². The Hall–Kier alpha value is -0.0105. The topological polar surface area (TPSA) is 37.3 Å². The summed E-state index contributed by atoms with van der Waals surface area (Å²) in [7, 11) is 0. The molecule has 0 aromatic carbocycles. The van der Waals surface area contributed by atoms with Gasteiger partial charge < -0.3 is 5.11 Å². The van der Waals surface area contributed by atoms with E-state index >= 15 is 0 Å². The third kappa shape index (κ3) is 13.1. The number of unbranched alkanes of at least 4 members (excludes halogenated alkanes) is 4. The van der Waals surface area contributed by atoms with Gasteiger partial charge in [-0.1, -0.05) is 32.6 Å². The Morgan fingerprint density at radius 3 is 2.18 bits per heavy atom. The average molecular weight is 223 g/mol. The van der Waals surface area contributed by atoms with Gasteiger partial charge in [0.05, 0.1) is 0 Å². The van der Waals surface area contributed by atoms with Crippen molar-refractivity contribution >= 4 is 23.0 Å². The molecule has 0 aliphatic carbocycles. The number of hydrogen-bond donors (Lipinski definition) is 1. The van der Waals surface area contributed by atoms with Crippen LogP contribution in [0.25, 0.3) is 0 Å². The second kappa shape index (κ2) is 9.99. The van der Waals surface area contributed by atoms with Gasteiger partial charge in [-0.2, -0.15) is 0 Å². The normalized spacial score (nSPS) is 8.82. The minimum atomic E-state index is -0.670. The van der Waals surface area contributed by atoms with E-state index < -0.39 is 5.97 Å². The molecule has 0 fully saturated rings. The Balaban J connectivity index is 0. The molecule has 1 N–H and O–H groups in total. The van der Waals surface area contributed by atoms with Crippen molar-refractivity contribution in [3.05, 3.63) is 0 Å². The standard InChI is InChI=1S/C8H16O2.Se/c1-2-3-4-5-6-7-8(9)10;/h2-7H2,1H3,(H,9,10);. The van der Waals surface area contributed by atoms with Crippen molar-refractivity contribution in [2.75, 3.05) is 0 Å². The van der Waals surface area contributed by atoms with Gasteiger partial charge in [-0.3, -0.25) is 4.79 Å². The number of carboxylic acid groups (broad SMARTS) is 1. The van der Waals surface area contributed by atoms with E-state index in [4.69, 9.17) is 5.11 Å². The number of aliphatic carboxylic acids is 1. The molecular weight excluding hydrogens is 207 g/mol. The van der Waals surface area contributed by atoms with Crippen LogP contribution >= 0.6 is 0 Å². The van der Waals surface area contributed by atoms with Crippen LogP contribution < -0.4 is 0 Å². The van der Waals surface area contributed by atoms with E-state index in [0.29, 0.717) is 6.42 Å². The molecule has 2 nitrogen and oxygen atoms in total. The molecule has 0 rings (SSSR count). The first-order valence-electron chi connectivity index (χ1n) is 3.99. The molecule has 0 amide bonds. The summed E-state index contributed by atoms with van der Waals surface area (Å²) in [6, 6.07) is 0. The predicted octanol–water partition coefficient (Wildman–Crippen LogP) is 2.05. The predicted molar refractivity (Wildman–Crippen MR) is 46.8 cm³/mol. The zero-order chi connectivity index (χ0) is 7.82. The fourth-order valence-corrected chi connectivity index (χ4v) is 0.880. The molecule has 0 atom stereocenters. The first-order valence-corrected chi connectivity index (χ1v) is 3.99. The smallest absolute Gasteiger partial charge is 0.303 e. The van der Waals surface area contributed by atoms with Gasteiger partial charge >= 0.3 is 5.97 Å². The van der Waals surface area contributed by atoms with Gasteiger partial charge in [0, 0.05) is 23.5 Å². The van der Waals surface area contributed by atoms with Crippen molar-refractivity contribution in [1.29, 1.82) is 0 Å². The number of hydrogen-bond acceptors (Lipinski definition) is 1. The van der Waals surface area contributed by atoms with Crippen molar-refractivity contribution in [2.24, 2.45) is 0 Å². The number of rotatable bonds is 6. The third-order valence-corrected chi connectivity index (χ3v) is 1.49. The van der Waals surface area contributed by atoms with Gasteiger partial charge in [-0.15, -0.1) is 0 Å². The molecule has 0 saturated carbocycles. The van der Waals surface area contributed by atoms with E-state index in [0.717, 1.165) is 12.8 Å². The van der Waals surface area contributed by atoms with E-state index in [-0.39, 0.29) is 17.1 Å². The number of carbonyl (C=O) groups is 1. The fraction of sp³-hybridized carbons (Fsp3) is 0.875. The molecule has 0 heterocycles. The van der Waals surface area contributed by atoms with Crippen LogP contribution in [-0.2, 0) is 4.79 Å². The molecule has 0 aliphatic heterocycles. The summed E-state index contributed by atoms with van der Waals surface area (Å²) < 4.78 is 0. The van der Waals surface area contributed by atoms with Crippen LogP contribution in [0, 0.1) is 0 Å². The van der Waals surface area contributed by atoms with Gasteiger partial charge in [0.1, 0.15) is 0 Å². The summed E-state index contributed by atoms with van der Waals surface area (Å²) in [4.78, 5) is 10.0. The molecule has 0 spiro atoms. The quantitative estimate of drug-likeness (QED) is 0.552. The maximum Gasteiger partial charge on any atom is 0.303 e. The van der Waals surface area contributed by atoms with Gasteiger partial charge in [-0.25, -0.2) is 0 Å². The minimum absolute atomic E-state index is 0. The van der Waals surface area contributed by atoms with E-state index in [1.165, 1.54) is 19.3 Å². The van der Waals surface area contributed by atoms with Crippen molar-refractivity contribution in [1.82, 2.24) is 0 Å². The summed E-state index contributed by atoms with van der Waals surface area (Å²) in [6.45, 7) is 2.15. The summed E-state index contributed by atoms with van der Waals surface area (Å²) in [5, 5.41) is 8.27. The van der Waals surface area contributed by atoms with E-state index in [2.05, 4.69) is 6.92 Å².